The van der Waals surface area contributed by atoms with E-state index in [4.69, 9.17) is 10.5 Å². The van der Waals surface area contributed by atoms with Crippen LogP contribution < -0.4 is 5.73 Å². The first-order valence-corrected chi connectivity index (χ1v) is 6.54. The van der Waals surface area contributed by atoms with Crippen molar-refractivity contribution in [1.29, 1.82) is 0 Å². The highest BCUT2D eigenvalue weighted by Gasteiger charge is 2.48. The van der Waals surface area contributed by atoms with Gasteiger partial charge in [-0.05, 0) is 30.5 Å². The van der Waals surface area contributed by atoms with E-state index in [9.17, 15) is 9.18 Å². The Hall–Kier alpha value is -1.46. The lowest BCUT2D eigenvalue weighted by Gasteiger charge is -2.34. The monoisotopic (exact) mass is 264 g/mol. The second-order valence-corrected chi connectivity index (χ2v) is 5.32. The van der Waals surface area contributed by atoms with Crippen LogP contribution in [0.25, 0.3) is 0 Å². The molecule has 2 N–H and O–H groups in total. The quantitative estimate of drug-likeness (QED) is 0.873. The van der Waals surface area contributed by atoms with Gasteiger partial charge in [0, 0.05) is 6.54 Å². The van der Waals surface area contributed by atoms with Crippen LogP contribution in [0.15, 0.2) is 24.3 Å². The van der Waals surface area contributed by atoms with E-state index >= 15 is 0 Å². The maximum atomic E-state index is 12.9. The van der Waals surface area contributed by atoms with E-state index in [2.05, 4.69) is 0 Å². The highest BCUT2D eigenvalue weighted by Crippen LogP contribution is 2.35. The predicted octanol–water partition coefficient (Wildman–Crippen LogP) is 1.22. The van der Waals surface area contributed by atoms with Crippen molar-refractivity contribution in [2.45, 2.75) is 24.5 Å². The van der Waals surface area contributed by atoms with Gasteiger partial charge in [0.15, 0.2) is 0 Å². The summed E-state index contributed by atoms with van der Waals surface area (Å²) in [7, 11) is 0. The maximum Gasteiger partial charge on any atom is 0.242 e. The van der Waals surface area contributed by atoms with Gasteiger partial charge in [0.2, 0.25) is 5.91 Å². The second-order valence-electron chi connectivity index (χ2n) is 5.32. The fourth-order valence-corrected chi connectivity index (χ4v) is 2.38. The molecule has 1 atom stereocenters. The summed E-state index contributed by atoms with van der Waals surface area (Å²) in [6.45, 7) is 1.56. The highest BCUT2D eigenvalue weighted by molar-refractivity contribution is 5.89. The molecule has 1 amide bonds. The molecule has 0 aromatic heterocycles. The minimum Gasteiger partial charge on any atom is -0.370 e. The Morgan fingerprint density at radius 1 is 1.37 bits per heavy atom. The fraction of sp³-hybridized carbons (Fsp3) is 0.500. The molecule has 1 heterocycles. The third kappa shape index (κ3) is 2.48. The zero-order chi connectivity index (χ0) is 13.5. The van der Waals surface area contributed by atoms with Crippen molar-refractivity contribution in [3.63, 3.8) is 0 Å². The number of nitrogens with two attached hydrogens (primary N) is 1. The lowest BCUT2D eigenvalue weighted by Crippen LogP contribution is -2.50. The summed E-state index contributed by atoms with van der Waals surface area (Å²) in [4.78, 5) is 14.0. The number of amides is 1. The lowest BCUT2D eigenvalue weighted by molar-refractivity contribution is -0.141. The van der Waals surface area contributed by atoms with E-state index in [0.29, 0.717) is 19.7 Å². The first kappa shape index (κ1) is 12.6. The van der Waals surface area contributed by atoms with Crippen molar-refractivity contribution in [2.24, 2.45) is 5.73 Å². The molecule has 1 aliphatic carbocycles. The second kappa shape index (κ2) is 4.58. The largest absolute Gasteiger partial charge is 0.370 e. The normalized spacial score (nSPS) is 25.2. The Morgan fingerprint density at radius 3 is 2.68 bits per heavy atom. The van der Waals surface area contributed by atoms with Gasteiger partial charge >= 0.3 is 0 Å². The minimum atomic E-state index is -0.634. The van der Waals surface area contributed by atoms with E-state index in [1.165, 1.54) is 12.1 Å². The van der Waals surface area contributed by atoms with Gasteiger partial charge < -0.3 is 15.4 Å². The minimum absolute atomic E-state index is 0.0166. The van der Waals surface area contributed by atoms with Gasteiger partial charge in [-0.1, -0.05) is 12.1 Å². The molecule has 1 aromatic rings. The fourth-order valence-electron chi connectivity index (χ4n) is 2.38. The molecule has 2 aliphatic rings. The van der Waals surface area contributed by atoms with Gasteiger partial charge in [-0.15, -0.1) is 0 Å². The first-order valence-electron chi connectivity index (χ1n) is 6.54. The molecule has 0 radical (unpaired) electrons. The predicted molar refractivity (Wildman–Crippen MR) is 67.8 cm³/mol. The number of morpholine rings is 1. The van der Waals surface area contributed by atoms with Crippen LogP contribution in [0.5, 0.6) is 0 Å². The molecule has 102 valence electrons. The van der Waals surface area contributed by atoms with Crippen LogP contribution in [0.3, 0.4) is 0 Å². The zero-order valence-corrected chi connectivity index (χ0v) is 10.6. The highest BCUT2D eigenvalue weighted by atomic mass is 19.1. The molecule has 19 heavy (non-hydrogen) atoms. The van der Waals surface area contributed by atoms with Crippen LogP contribution in [0.2, 0.25) is 0 Å². The van der Waals surface area contributed by atoms with Crippen LogP contribution in [-0.2, 0) is 9.53 Å². The Balaban J connectivity index is 1.71. The number of benzene rings is 1. The van der Waals surface area contributed by atoms with E-state index in [1.54, 1.807) is 17.0 Å². The Labute approximate surface area is 111 Å². The molecule has 0 bridgehead atoms. The molecule has 1 aromatic carbocycles. The molecule has 1 saturated heterocycles. The number of ether oxygens (including phenoxy) is 1. The topological polar surface area (TPSA) is 55.6 Å². The standard InChI is InChI=1S/C14H17FN2O2/c15-11-3-1-10(2-4-11)12-9-17(7-8-19-12)13(18)14(16)5-6-14/h1-4,12H,5-9,16H2. The van der Waals surface area contributed by atoms with Crippen molar-refractivity contribution >= 4 is 5.91 Å². The number of hydrogen-bond acceptors (Lipinski definition) is 3. The number of carbonyl (C=O) groups excluding carboxylic acids is 1. The van der Waals surface area contributed by atoms with Gasteiger partial charge in [-0.25, -0.2) is 4.39 Å². The van der Waals surface area contributed by atoms with E-state index < -0.39 is 5.54 Å². The van der Waals surface area contributed by atoms with E-state index in [0.717, 1.165) is 18.4 Å². The van der Waals surface area contributed by atoms with Crippen molar-refractivity contribution in [1.82, 2.24) is 4.90 Å². The number of nitrogens with zero attached hydrogens (tertiary/aromatic N) is 1. The summed E-state index contributed by atoms with van der Waals surface area (Å²) in [6.07, 6.45) is 1.34. The smallest absolute Gasteiger partial charge is 0.242 e. The molecule has 1 unspecified atom stereocenters. The zero-order valence-electron chi connectivity index (χ0n) is 10.6. The van der Waals surface area contributed by atoms with Crippen molar-refractivity contribution < 1.29 is 13.9 Å². The van der Waals surface area contributed by atoms with Gasteiger partial charge in [0.1, 0.15) is 11.9 Å². The molecule has 3 rings (SSSR count). The number of hydrogen-bond donors (Lipinski definition) is 1. The third-order valence-electron chi connectivity index (χ3n) is 3.81. The van der Waals surface area contributed by atoms with Crippen LogP contribution >= 0.6 is 0 Å². The van der Waals surface area contributed by atoms with Gasteiger partial charge in [0.05, 0.1) is 18.7 Å². The summed E-state index contributed by atoms with van der Waals surface area (Å²) >= 11 is 0. The van der Waals surface area contributed by atoms with Crippen LogP contribution in [-0.4, -0.2) is 36.0 Å². The summed E-state index contributed by atoms with van der Waals surface area (Å²) in [5.41, 5.74) is 6.20. The lowest BCUT2D eigenvalue weighted by atomic mass is 10.1. The SMILES string of the molecule is NC1(C(=O)N2CCOC(c3ccc(F)cc3)C2)CC1. The summed E-state index contributed by atoms with van der Waals surface area (Å²) < 4.78 is 18.6. The van der Waals surface area contributed by atoms with Crippen LogP contribution in [0.1, 0.15) is 24.5 Å². The third-order valence-corrected chi connectivity index (χ3v) is 3.81. The Morgan fingerprint density at radius 2 is 2.05 bits per heavy atom. The molecule has 5 heteroatoms. The summed E-state index contributed by atoms with van der Waals surface area (Å²) in [5.74, 6) is -0.255. The van der Waals surface area contributed by atoms with Gasteiger partial charge in [0.25, 0.3) is 0 Å². The average molecular weight is 264 g/mol. The molecular formula is C14H17FN2O2. The van der Waals surface area contributed by atoms with Crippen LogP contribution in [0.4, 0.5) is 4.39 Å². The van der Waals surface area contributed by atoms with E-state index in [-0.39, 0.29) is 17.8 Å². The Kier molecular flexibility index (Phi) is 3.03. The number of carbonyl (C=O) groups is 1. The first-order chi connectivity index (χ1) is 9.08. The number of rotatable bonds is 2. The Bertz CT molecular complexity index is 485. The van der Waals surface area contributed by atoms with Gasteiger partial charge in [-0.2, -0.15) is 0 Å². The van der Waals surface area contributed by atoms with E-state index in [1.807, 2.05) is 0 Å². The molecule has 2 fully saturated rings. The van der Waals surface area contributed by atoms with Crippen molar-refractivity contribution in [2.75, 3.05) is 19.7 Å². The van der Waals surface area contributed by atoms with Gasteiger partial charge in [-0.3, -0.25) is 4.79 Å². The van der Waals surface area contributed by atoms with Crippen LogP contribution in [0, 0.1) is 5.82 Å². The molecule has 4 nitrogen and oxygen atoms in total. The maximum absolute atomic E-state index is 12.9. The molecule has 0 spiro atoms. The summed E-state index contributed by atoms with van der Waals surface area (Å²) in [6, 6.07) is 6.21. The summed E-state index contributed by atoms with van der Waals surface area (Å²) in [5, 5.41) is 0. The van der Waals surface area contributed by atoms with Crippen molar-refractivity contribution in [3.8, 4) is 0 Å². The molecule has 1 aliphatic heterocycles. The number of halogens is 1. The molecule has 1 saturated carbocycles. The van der Waals surface area contributed by atoms with Crippen molar-refractivity contribution in [3.05, 3.63) is 35.6 Å². The molecular weight excluding hydrogens is 247 g/mol. The average Bonchev–Trinajstić information content (AvgIpc) is 3.18.